The fourth-order valence-corrected chi connectivity index (χ4v) is 3.50. The molecule has 2 aromatic rings. The van der Waals surface area contributed by atoms with Crippen LogP contribution in [0.2, 0.25) is 0 Å². The number of hydrogen-bond acceptors (Lipinski definition) is 6. The molecule has 0 saturated heterocycles. The Kier molecular flexibility index (Phi) is 3.98. The molecule has 0 unspecified atom stereocenters. The number of nitrogens with zero attached hydrogens (tertiary/aromatic N) is 2. The monoisotopic (exact) mass is 280 g/mol. The minimum absolute atomic E-state index is 0.0174. The van der Waals surface area contributed by atoms with Crippen LogP contribution in [0.1, 0.15) is 22.3 Å². The second-order valence-electron chi connectivity index (χ2n) is 3.58. The molecular weight excluding hydrogens is 268 g/mol. The highest BCUT2D eigenvalue weighted by molar-refractivity contribution is 8.01. The van der Waals surface area contributed by atoms with Crippen molar-refractivity contribution in [2.45, 2.75) is 23.1 Å². The number of hydrogen-bond donors (Lipinski definition) is 0. The number of ether oxygens (including phenoxy) is 1. The van der Waals surface area contributed by atoms with Crippen LogP contribution < -0.4 is 4.74 Å². The number of Topliss-reactive ketones (excluding diaryl/α,β-unsaturated/α-hetero) is 1. The number of ketones is 1. The van der Waals surface area contributed by atoms with Gasteiger partial charge in [-0.15, -0.1) is 10.2 Å². The SMILES string of the molecule is COc1cccc(Sc2nnc(C)s2)c1C(C)=O. The van der Waals surface area contributed by atoms with E-state index in [0.29, 0.717) is 11.3 Å². The van der Waals surface area contributed by atoms with Gasteiger partial charge in [0.05, 0.1) is 12.7 Å². The molecule has 1 heterocycles. The van der Waals surface area contributed by atoms with Gasteiger partial charge >= 0.3 is 0 Å². The van der Waals surface area contributed by atoms with E-state index in [1.54, 1.807) is 13.2 Å². The first-order valence-electron chi connectivity index (χ1n) is 5.27. The van der Waals surface area contributed by atoms with Crippen LogP contribution in [-0.2, 0) is 0 Å². The van der Waals surface area contributed by atoms with Crippen LogP contribution in [-0.4, -0.2) is 23.1 Å². The Morgan fingerprint density at radius 3 is 2.72 bits per heavy atom. The Morgan fingerprint density at radius 1 is 1.39 bits per heavy atom. The molecule has 0 spiro atoms. The van der Waals surface area contributed by atoms with Crippen LogP contribution in [0.4, 0.5) is 0 Å². The van der Waals surface area contributed by atoms with Gasteiger partial charge in [-0.25, -0.2) is 0 Å². The maximum Gasteiger partial charge on any atom is 0.179 e. The molecule has 18 heavy (non-hydrogen) atoms. The van der Waals surface area contributed by atoms with Crippen LogP contribution >= 0.6 is 23.1 Å². The average molecular weight is 280 g/mol. The lowest BCUT2D eigenvalue weighted by Gasteiger charge is -2.09. The summed E-state index contributed by atoms with van der Waals surface area (Å²) in [6.07, 6.45) is 0. The topological polar surface area (TPSA) is 52.1 Å². The summed E-state index contributed by atoms with van der Waals surface area (Å²) in [5.74, 6) is 0.574. The molecule has 0 saturated carbocycles. The molecule has 0 atom stereocenters. The van der Waals surface area contributed by atoms with Crippen molar-refractivity contribution in [2.24, 2.45) is 0 Å². The second kappa shape index (κ2) is 5.49. The minimum atomic E-state index is -0.0174. The summed E-state index contributed by atoms with van der Waals surface area (Å²) in [5.41, 5.74) is 0.595. The highest BCUT2D eigenvalue weighted by atomic mass is 32.2. The third-order valence-electron chi connectivity index (χ3n) is 2.26. The molecule has 0 bridgehead atoms. The summed E-state index contributed by atoms with van der Waals surface area (Å²) in [4.78, 5) is 12.6. The van der Waals surface area contributed by atoms with Gasteiger partial charge in [0.15, 0.2) is 10.1 Å². The predicted molar refractivity (Wildman–Crippen MR) is 71.8 cm³/mol. The van der Waals surface area contributed by atoms with Gasteiger partial charge in [-0.3, -0.25) is 4.79 Å². The molecule has 0 aliphatic carbocycles. The van der Waals surface area contributed by atoms with Gasteiger partial charge in [0.25, 0.3) is 0 Å². The standard InChI is InChI=1S/C12H12N2O2S2/c1-7(15)11-9(16-3)5-4-6-10(11)18-12-14-13-8(2)17-12/h4-6H,1-3H3. The van der Waals surface area contributed by atoms with Crippen LogP contribution in [0.15, 0.2) is 27.4 Å². The van der Waals surface area contributed by atoms with Gasteiger partial charge in [0.2, 0.25) is 0 Å². The van der Waals surface area contributed by atoms with E-state index in [4.69, 9.17) is 4.74 Å². The van der Waals surface area contributed by atoms with Gasteiger partial charge in [-0.1, -0.05) is 29.2 Å². The van der Waals surface area contributed by atoms with Crippen LogP contribution in [0.25, 0.3) is 0 Å². The fraction of sp³-hybridized carbons (Fsp3) is 0.250. The molecule has 1 aromatic heterocycles. The predicted octanol–water partition coefficient (Wildman–Crippen LogP) is 3.21. The van der Waals surface area contributed by atoms with Crippen molar-refractivity contribution in [3.63, 3.8) is 0 Å². The van der Waals surface area contributed by atoms with E-state index in [2.05, 4.69) is 10.2 Å². The Morgan fingerprint density at radius 2 is 2.17 bits per heavy atom. The number of methoxy groups -OCH3 is 1. The first-order chi connectivity index (χ1) is 8.61. The van der Waals surface area contributed by atoms with Crippen LogP contribution in [0, 0.1) is 6.92 Å². The summed E-state index contributed by atoms with van der Waals surface area (Å²) < 4.78 is 6.05. The smallest absolute Gasteiger partial charge is 0.179 e. The molecule has 0 aliphatic heterocycles. The zero-order chi connectivity index (χ0) is 13.1. The van der Waals surface area contributed by atoms with Crippen molar-refractivity contribution in [2.75, 3.05) is 7.11 Å². The maximum atomic E-state index is 11.7. The van der Waals surface area contributed by atoms with E-state index in [-0.39, 0.29) is 5.78 Å². The quantitative estimate of drug-likeness (QED) is 0.805. The highest BCUT2D eigenvalue weighted by Gasteiger charge is 2.15. The molecule has 1 aromatic carbocycles. The first kappa shape index (κ1) is 13.0. The lowest BCUT2D eigenvalue weighted by molar-refractivity contribution is 0.101. The van der Waals surface area contributed by atoms with Crippen molar-refractivity contribution in [3.05, 3.63) is 28.8 Å². The fourth-order valence-electron chi connectivity index (χ4n) is 1.53. The Hall–Kier alpha value is -1.40. The molecule has 94 valence electrons. The Labute approximate surface area is 113 Å². The van der Waals surface area contributed by atoms with Gasteiger partial charge in [-0.05, 0) is 26.0 Å². The number of aryl methyl sites for hydroxylation is 1. The van der Waals surface area contributed by atoms with Crippen molar-refractivity contribution < 1.29 is 9.53 Å². The number of aromatic nitrogens is 2. The third kappa shape index (κ3) is 2.70. The molecule has 0 radical (unpaired) electrons. The number of carbonyl (C=O) groups is 1. The molecule has 4 nitrogen and oxygen atoms in total. The Balaban J connectivity index is 2.41. The second-order valence-corrected chi connectivity index (χ2v) is 6.05. The molecule has 6 heteroatoms. The van der Waals surface area contributed by atoms with Crippen LogP contribution in [0.5, 0.6) is 5.75 Å². The van der Waals surface area contributed by atoms with E-state index in [9.17, 15) is 4.79 Å². The van der Waals surface area contributed by atoms with Gasteiger partial charge in [0, 0.05) is 4.90 Å². The largest absolute Gasteiger partial charge is 0.496 e. The van der Waals surface area contributed by atoms with E-state index in [1.807, 2.05) is 19.1 Å². The van der Waals surface area contributed by atoms with E-state index < -0.39 is 0 Å². The molecule has 0 fully saturated rings. The van der Waals surface area contributed by atoms with Crippen molar-refractivity contribution in [1.82, 2.24) is 10.2 Å². The summed E-state index contributed by atoms with van der Waals surface area (Å²) in [5, 5.41) is 8.91. The third-order valence-corrected chi connectivity index (χ3v) is 4.21. The highest BCUT2D eigenvalue weighted by Crippen LogP contribution is 2.36. The van der Waals surface area contributed by atoms with E-state index >= 15 is 0 Å². The zero-order valence-corrected chi connectivity index (χ0v) is 11.9. The van der Waals surface area contributed by atoms with Gasteiger partial charge < -0.3 is 4.74 Å². The Bertz CT molecular complexity index is 581. The lowest BCUT2D eigenvalue weighted by Crippen LogP contribution is -1.99. The van der Waals surface area contributed by atoms with Crippen molar-refractivity contribution in [1.29, 1.82) is 0 Å². The number of rotatable bonds is 4. The molecule has 2 rings (SSSR count). The molecule has 0 N–H and O–H groups in total. The van der Waals surface area contributed by atoms with Gasteiger partial charge in [0.1, 0.15) is 10.8 Å². The van der Waals surface area contributed by atoms with E-state index in [1.165, 1.54) is 30.0 Å². The summed E-state index contributed by atoms with van der Waals surface area (Å²) in [6.45, 7) is 3.44. The maximum absolute atomic E-state index is 11.7. The van der Waals surface area contributed by atoms with Crippen LogP contribution in [0.3, 0.4) is 0 Å². The summed E-state index contributed by atoms with van der Waals surface area (Å²) in [7, 11) is 1.56. The number of benzene rings is 1. The summed E-state index contributed by atoms with van der Waals surface area (Å²) in [6, 6.07) is 5.54. The minimum Gasteiger partial charge on any atom is -0.496 e. The molecule has 0 aliphatic rings. The molecular formula is C12H12N2O2S2. The zero-order valence-electron chi connectivity index (χ0n) is 10.3. The normalized spacial score (nSPS) is 10.4. The summed E-state index contributed by atoms with van der Waals surface area (Å²) >= 11 is 2.94. The first-order valence-corrected chi connectivity index (χ1v) is 6.91. The lowest BCUT2D eigenvalue weighted by atomic mass is 10.1. The average Bonchev–Trinajstić information content (AvgIpc) is 2.74. The van der Waals surface area contributed by atoms with E-state index in [0.717, 1.165) is 14.2 Å². The van der Waals surface area contributed by atoms with Gasteiger partial charge in [-0.2, -0.15) is 0 Å². The molecule has 0 amide bonds. The van der Waals surface area contributed by atoms with Crippen molar-refractivity contribution >= 4 is 28.9 Å². The van der Waals surface area contributed by atoms with Crippen molar-refractivity contribution in [3.8, 4) is 5.75 Å². The number of carbonyl (C=O) groups excluding carboxylic acids is 1.